The second-order valence-electron chi connectivity index (χ2n) is 16.0. The molecule has 252 valence electrons. The van der Waals surface area contributed by atoms with Crippen LogP contribution in [-0.2, 0) is 5.41 Å². The van der Waals surface area contributed by atoms with E-state index in [0.29, 0.717) is 5.92 Å². The van der Waals surface area contributed by atoms with E-state index in [1.807, 2.05) is 18.5 Å². The Morgan fingerprint density at radius 3 is 2.13 bits per heavy atom. The molecule has 52 heavy (non-hydrogen) atoms. The third kappa shape index (κ3) is 4.81. The molecule has 3 unspecified atom stereocenters. The van der Waals surface area contributed by atoms with Gasteiger partial charge in [0.25, 0.3) is 0 Å². The third-order valence-electron chi connectivity index (χ3n) is 11.8. The van der Waals surface area contributed by atoms with Gasteiger partial charge in [-0.1, -0.05) is 143 Å². The molecule has 0 saturated heterocycles. The molecular weight excluding hydrogens is 629 g/mol. The topological polar surface area (TPSA) is 16.1 Å². The van der Waals surface area contributed by atoms with Crippen molar-refractivity contribution in [3.05, 3.63) is 174 Å². The van der Waals surface area contributed by atoms with Crippen LogP contribution < -0.4 is 4.90 Å². The average Bonchev–Trinajstić information content (AvgIpc) is 3.52. The highest BCUT2D eigenvalue weighted by Gasteiger charge is 2.42. The first-order valence-electron chi connectivity index (χ1n) is 18.8. The van der Waals surface area contributed by atoms with Crippen molar-refractivity contribution in [2.45, 2.75) is 45.6 Å². The van der Waals surface area contributed by atoms with Gasteiger partial charge in [-0.2, -0.15) is 0 Å². The minimum absolute atomic E-state index is 0.0680. The van der Waals surface area contributed by atoms with Crippen molar-refractivity contribution in [3.63, 3.8) is 0 Å². The van der Waals surface area contributed by atoms with Gasteiger partial charge in [0, 0.05) is 35.6 Å². The first-order valence-corrected chi connectivity index (χ1v) is 18.8. The predicted molar refractivity (Wildman–Crippen MR) is 221 cm³/mol. The maximum absolute atomic E-state index is 4.36. The number of benzene rings is 6. The van der Waals surface area contributed by atoms with E-state index >= 15 is 0 Å². The number of hydrogen-bond acceptors (Lipinski definition) is 2. The smallest absolute Gasteiger partial charge is 0.0626 e. The van der Waals surface area contributed by atoms with Gasteiger partial charge >= 0.3 is 0 Å². The molecule has 0 spiro atoms. The molecule has 0 amide bonds. The normalized spacial score (nSPS) is 19.9. The standard InChI is InChI=1S/C50H42N2/c1-31-10-8-14-42-45-28-34(21-24-46(45)52(49(31)42)39-12-6-5-7-13-39)44-29-43(33-17-15-32(16-18-33)37-11-9-25-51-30-37)40-22-19-35-26-38(50(2,3)4)27-36-20-23-41(44)48(40)47(35)36/h5-9,11-31,45-46H,10H2,1-4H3. The Morgan fingerprint density at radius 1 is 0.692 bits per heavy atom. The van der Waals surface area contributed by atoms with Crippen LogP contribution in [0.5, 0.6) is 0 Å². The van der Waals surface area contributed by atoms with Gasteiger partial charge in [0.05, 0.1) is 6.04 Å². The van der Waals surface area contributed by atoms with Crippen LogP contribution in [0, 0.1) is 11.8 Å². The lowest BCUT2D eigenvalue weighted by Crippen LogP contribution is -2.34. The van der Waals surface area contributed by atoms with Crippen LogP contribution in [0.1, 0.15) is 45.2 Å². The van der Waals surface area contributed by atoms with E-state index in [2.05, 4.69) is 171 Å². The summed E-state index contributed by atoms with van der Waals surface area (Å²) >= 11 is 0. The third-order valence-corrected chi connectivity index (χ3v) is 11.8. The van der Waals surface area contributed by atoms with Gasteiger partial charge in [0.1, 0.15) is 0 Å². The lowest BCUT2D eigenvalue weighted by molar-refractivity contribution is 0.591. The molecule has 0 fully saturated rings. The molecule has 2 aliphatic carbocycles. The fourth-order valence-corrected chi connectivity index (χ4v) is 9.17. The summed E-state index contributed by atoms with van der Waals surface area (Å²) in [4.78, 5) is 6.98. The van der Waals surface area contributed by atoms with Gasteiger partial charge in [-0.25, -0.2) is 0 Å². The number of allylic oxidation sites excluding steroid dienone is 5. The van der Waals surface area contributed by atoms with E-state index in [1.165, 1.54) is 82.7 Å². The predicted octanol–water partition coefficient (Wildman–Crippen LogP) is 12.9. The molecule has 6 aromatic carbocycles. The number of hydrogen-bond donors (Lipinski definition) is 0. The van der Waals surface area contributed by atoms with Crippen molar-refractivity contribution in [2.24, 2.45) is 11.8 Å². The first kappa shape index (κ1) is 31.0. The molecule has 2 nitrogen and oxygen atoms in total. The lowest BCUT2D eigenvalue weighted by Gasteiger charge is -2.33. The zero-order valence-electron chi connectivity index (χ0n) is 30.3. The lowest BCUT2D eigenvalue weighted by atomic mass is 9.79. The van der Waals surface area contributed by atoms with Crippen molar-refractivity contribution in [1.82, 2.24) is 4.98 Å². The van der Waals surface area contributed by atoms with E-state index in [9.17, 15) is 0 Å². The molecule has 3 atom stereocenters. The average molecular weight is 671 g/mol. The van der Waals surface area contributed by atoms with Gasteiger partial charge in [0.15, 0.2) is 0 Å². The highest BCUT2D eigenvalue weighted by atomic mass is 15.2. The Kier molecular flexibility index (Phi) is 6.95. The van der Waals surface area contributed by atoms with Gasteiger partial charge in [0.2, 0.25) is 0 Å². The molecular formula is C50H42N2. The number of pyridine rings is 1. The number of rotatable bonds is 4. The minimum Gasteiger partial charge on any atom is -0.337 e. The Labute approximate surface area is 306 Å². The van der Waals surface area contributed by atoms with Crippen molar-refractivity contribution in [1.29, 1.82) is 0 Å². The molecule has 0 N–H and O–H groups in total. The molecule has 2 heterocycles. The highest BCUT2D eigenvalue weighted by Crippen LogP contribution is 2.50. The van der Waals surface area contributed by atoms with Crippen LogP contribution in [0.4, 0.5) is 5.69 Å². The zero-order chi connectivity index (χ0) is 35.1. The minimum atomic E-state index is 0.0680. The number of nitrogens with zero attached hydrogens (tertiary/aromatic N) is 2. The van der Waals surface area contributed by atoms with E-state index in [-0.39, 0.29) is 17.4 Å². The molecule has 0 radical (unpaired) electrons. The van der Waals surface area contributed by atoms with Crippen molar-refractivity contribution in [3.8, 4) is 22.3 Å². The van der Waals surface area contributed by atoms with Crippen molar-refractivity contribution < 1.29 is 0 Å². The maximum atomic E-state index is 4.36. The molecule has 3 aliphatic rings. The number of para-hydroxylation sites is 1. The van der Waals surface area contributed by atoms with Gasteiger partial charge in [-0.3, -0.25) is 4.98 Å². The van der Waals surface area contributed by atoms with Crippen LogP contribution in [0.3, 0.4) is 0 Å². The van der Waals surface area contributed by atoms with Gasteiger partial charge in [-0.15, -0.1) is 0 Å². The summed E-state index contributed by atoms with van der Waals surface area (Å²) in [5, 5.41) is 7.98. The summed E-state index contributed by atoms with van der Waals surface area (Å²) in [5.41, 5.74) is 13.1. The molecule has 0 saturated carbocycles. The molecule has 10 rings (SSSR count). The second-order valence-corrected chi connectivity index (χ2v) is 16.0. The number of aromatic nitrogens is 1. The highest BCUT2D eigenvalue weighted by molar-refractivity contribution is 6.27. The maximum Gasteiger partial charge on any atom is 0.0626 e. The van der Waals surface area contributed by atoms with Gasteiger partial charge < -0.3 is 4.90 Å². The SMILES string of the molecule is CC1CC=CC2=C1N(c1ccccc1)C1C=CC(c3cc(-c4ccc(-c5cccnc5)cc4)c4ccc5cc(C(C)(C)C)cc6ccc3c4c65)=CC21. The number of anilines is 1. The summed E-state index contributed by atoms with van der Waals surface area (Å²) in [7, 11) is 0. The summed E-state index contributed by atoms with van der Waals surface area (Å²) in [6, 6.07) is 41.2. The van der Waals surface area contributed by atoms with Crippen LogP contribution >= 0.6 is 0 Å². The van der Waals surface area contributed by atoms with Crippen LogP contribution in [0.15, 0.2) is 163 Å². The zero-order valence-corrected chi connectivity index (χ0v) is 30.3. The van der Waals surface area contributed by atoms with E-state index < -0.39 is 0 Å². The van der Waals surface area contributed by atoms with Crippen LogP contribution in [-0.4, -0.2) is 11.0 Å². The summed E-state index contributed by atoms with van der Waals surface area (Å²) in [6.07, 6.45) is 17.1. The fraction of sp³-hybridized carbons (Fsp3) is 0.180. The fourth-order valence-electron chi connectivity index (χ4n) is 9.17. The van der Waals surface area contributed by atoms with Crippen LogP contribution in [0.2, 0.25) is 0 Å². The van der Waals surface area contributed by atoms with E-state index in [1.54, 1.807) is 0 Å². The van der Waals surface area contributed by atoms with Gasteiger partial charge in [-0.05, 0) is 113 Å². The number of fused-ring (bicyclic) bond motifs is 2. The first-order chi connectivity index (χ1) is 25.3. The molecule has 7 aromatic rings. The largest absolute Gasteiger partial charge is 0.337 e. The summed E-state index contributed by atoms with van der Waals surface area (Å²) in [5.74, 6) is 0.758. The Balaban J connectivity index is 1.19. The quantitative estimate of drug-likeness (QED) is 0.173. The molecule has 1 aliphatic heterocycles. The summed E-state index contributed by atoms with van der Waals surface area (Å²) in [6.45, 7) is 9.32. The molecule has 0 bridgehead atoms. The monoisotopic (exact) mass is 670 g/mol. The van der Waals surface area contributed by atoms with E-state index in [0.717, 1.165) is 12.0 Å². The summed E-state index contributed by atoms with van der Waals surface area (Å²) < 4.78 is 0. The Bertz CT molecular complexity index is 2610. The molecule has 1 aromatic heterocycles. The van der Waals surface area contributed by atoms with E-state index in [4.69, 9.17) is 0 Å². The second kappa shape index (κ2) is 11.6. The Hall–Kier alpha value is -5.73. The van der Waals surface area contributed by atoms with Crippen LogP contribution in [0.25, 0.3) is 60.1 Å². The Morgan fingerprint density at radius 2 is 1.42 bits per heavy atom. The van der Waals surface area contributed by atoms with Crippen molar-refractivity contribution >= 4 is 43.6 Å². The molecule has 2 heteroatoms. The van der Waals surface area contributed by atoms with Crippen molar-refractivity contribution in [2.75, 3.05) is 4.90 Å².